The van der Waals surface area contributed by atoms with Crippen molar-refractivity contribution in [3.63, 3.8) is 0 Å². The fourth-order valence-electron chi connectivity index (χ4n) is 2.08. The Kier molecular flexibility index (Phi) is 3.75. The van der Waals surface area contributed by atoms with Crippen LogP contribution in [0.1, 0.15) is 25.3 Å². The average Bonchev–Trinajstić information content (AvgIpc) is 3.00. The number of carboxylic acid groups (broad SMARTS) is 1. The molecule has 0 aliphatic carbocycles. The SMILES string of the molecule is CC(C)(NC(=O)N1CCC(C(=O)O)C1)c1nccs1. The van der Waals surface area contributed by atoms with E-state index in [1.54, 1.807) is 11.1 Å². The van der Waals surface area contributed by atoms with Crippen molar-refractivity contribution < 1.29 is 14.7 Å². The highest BCUT2D eigenvalue weighted by Gasteiger charge is 2.34. The highest BCUT2D eigenvalue weighted by Crippen LogP contribution is 2.23. The molecule has 2 amide bonds. The molecule has 1 atom stereocenters. The minimum Gasteiger partial charge on any atom is -0.481 e. The molecule has 2 heterocycles. The van der Waals surface area contributed by atoms with E-state index in [9.17, 15) is 9.59 Å². The Balaban J connectivity index is 1.97. The van der Waals surface area contributed by atoms with Crippen LogP contribution in [-0.2, 0) is 10.3 Å². The van der Waals surface area contributed by atoms with Crippen LogP contribution in [0.4, 0.5) is 4.79 Å². The maximum atomic E-state index is 12.1. The molecule has 1 unspecified atom stereocenters. The predicted octanol–water partition coefficient (Wildman–Crippen LogP) is 1.49. The molecule has 0 saturated carbocycles. The van der Waals surface area contributed by atoms with E-state index >= 15 is 0 Å². The summed E-state index contributed by atoms with van der Waals surface area (Å²) < 4.78 is 0. The zero-order valence-corrected chi connectivity index (χ0v) is 11.7. The number of nitrogens with one attached hydrogen (secondary N) is 1. The molecule has 1 aliphatic rings. The second-order valence-electron chi connectivity index (χ2n) is 5.16. The quantitative estimate of drug-likeness (QED) is 0.880. The number of urea groups is 1. The van der Waals surface area contributed by atoms with Crippen LogP contribution in [0.2, 0.25) is 0 Å². The lowest BCUT2D eigenvalue weighted by Gasteiger charge is -2.27. The molecule has 1 aromatic heterocycles. The lowest BCUT2D eigenvalue weighted by molar-refractivity contribution is -0.141. The van der Waals surface area contributed by atoms with Crippen molar-refractivity contribution in [3.05, 3.63) is 16.6 Å². The van der Waals surface area contributed by atoms with E-state index < -0.39 is 17.4 Å². The summed E-state index contributed by atoms with van der Waals surface area (Å²) in [5.41, 5.74) is -0.549. The molecule has 2 N–H and O–H groups in total. The summed E-state index contributed by atoms with van der Waals surface area (Å²) in [6, 6.07) is -0.232. The molecule has 1 aromatic rings. The van der Waals surface area contributed by atoms with Crippen LogP contribution in [-0.4, -0.2) is 40.1 Å². The number of thiazole rings is 1. The topological polar surface area (TPSA) is 82.5 Å². The standard InChI is InChI=1S/C12H17N3O3S/c1-12(2,10-13-4-6-19-10)14-11(18)15-5-3-8(7-15)9(16)17/h4,6,8H,3,5,7H2,1-2H3,(H,14,18)(H,16,17). The van der Waals surface area contributed by atoms with Crippen molar-refractivity contribution in [1.82, 2.24) is 15.2 Å². The van der Waals surface area contributed by atoms with E-state index in [-0.39, 0.29) is 12.6 Å². The minimum atomic E-state index is -0.838. The summed E-state index contributed by atoms with van der Waals surface area (Å²) in [4.78, 5) is 28.7. The first-order valence-corrected chi connectivity index (χ1v) is 6.98. The largest absolute Gasteiger partial charge is 0.481 e. The zero-order chi connectivity index (χ0) is 14.0. The van der Waals surface area contributed by atoms with Crippen LogP contribution in [0.3, 0.4) is 0 Å². The van der Waals surface area contributed by atoms with Gasteiger partial charge in [-0.2, -0.15) is 0 Å². The smallest absolute Gasteiger partial charge is 0.318 e. The van der Waals surface area contributed by atoms with E-state index in [4.69, 9.17) is 5.11 Å². The summed E-state index contributed by atoms with van der Waals surface area (Å²) in [5.74, 6) is -1.29. The molecule has 0 radical (unpaired) electrons. The maximum absolute atomic E-state index is 12.1. The third-order valence-corrected chi connectivity index (χ3v) is 4.31. The summed E-state index contributed by atoms with van der Waals surface area (Å²) in [7, 11) is 0. The molecule has 104 valence electrons. The Hall–Kier alpha value is -1.63. The van der Waals surface area contributed by atoms with E-state index in [2.05, 4.69) is 10.3 Å². The molecule has 0 spiro atoms. The fourth-order valence-corrected chi connectivity index (χ4v) is 2.80. The molecule has 19 heavy (non-hydrogen) atoms. The predicted molar refractivity (Wildman–Crippen MR) is 71.0 cm³/mol. The van der Waals surface area contributed by atoms with Crippen molar-refractivity contribution in [1.29, 1.82) is 0 Å². The van der Waals surface area contributed by atoms with Crippen molar-refractivity contribution in [2.75, 3.05) is 13.1 Å². The average molecular weight is 283 g/mol. The number of rotatable bonds is 3. The van der Waals surface area contributed by atoms with Crippen molar-refractivity contribution in [3.8, 4) is 0 Å². The van der Waals surface area contributed by atoms with Gasteiger partial charge in [-0.05, 0) is 20.3 Å². The molecule has 6 nitrogen and oxygen atoms in total. The summed E-state index contributed by atoms with van der Waals surface area (Å²) in [6.07, 6.45) is 2.21. The molecule has 0 bridgehead atoms. The van der Waals surface area contributed by atoms with Crippen molar-refractivity contribution >= 4 is 23.3 Å². The second-order valence-corrected chi connectivity index (χ2v) is 6.06. The number of carbonyl (C=O) groups is 2. The normalized spacial score (nSPS) is 19.5. The number of aromatic nitrogens is 1. The minimum absolute atomic E-state index is 0.232. The molecular weight excluding hydrogens is 266 g/mol. The highest BCUT2D eigenvalue weighted by atomic mass is 32.1. The first-order valence-electron chi connectivity index (χ1n) is 6.10. The van der Waals surface area contributed by atoms with Gasteiger partial charge in [-0.1, -0.05) is 0 Å². The van der Waals surface area contributed by atoms with Crippen molar-refractivity contribution in [2.45, 2.75) is 25.8 Å². The highest BCUT2D eigenvalue weighted by molar-refractivity contribution is 7.09. The summed E-state index contributed by atoms with van der Waals surface area (Å²) in [6.45, 7) is 4.52. The fraction of sp³-hybridized carbons (Fsp3) is 0.583. The number of hydrogen-bond acceptors (Lipinski definition) is 4. The Morgan fingerprint density at radius 2 is 2.32 bits per heavy atom. The lowest BCUT2D eigenvalue weighted by atomic mass is 10.1. The van der Waals surface area contributed by atoms with Gasteiger partial charge < -0.3 is 15.3 Å². The van der Waals surface area contributed by atoms with Crippen molar-refractivity contribution in [2.24, 2.45) is 5.92 Å². The first kappa shape index (κ1) is 13.8. The van der Waals surface area contributed by atoms with E-state index in [0.717, 1.165) is 5.01 Å². The molecule has 1 fully saturated rings. The van der Waals surface area contributed by atoms with Gasteiger partial charge >= 0.3 is 12.0 Å². The third-order valence-electron chi connectivity index (χ3n) is 3.21. The number of likely N-dealkylation sites (tertiary alicyclic amines) is 1. The Morgan fingerprint density at radius 1 is 1.58 bits per heavy atom. The molecule has 1 aliphatic heterocycles. The molecule has 7 heteroatoms. The number of nitrogens with zero attached hydrogens (tertiary/aromatic N) is 2. The van der Waals surface area contributed by atoms with E-state index in [1.165, 1.54) is 11.3 Å². The molecule has 1 saturated heterocycles. The van der Waals surface area contributed by atoms with Gasteiger partial charge in [-0.25, -0.2) is 9.78 Å². The summed E-state index contributed by atoms with van der Waals surface area (Å²) in [5, 5.41) is 14.5. The Morgan fingerprint density at radius 3 is 2.84 bits per heavy atom. The van der Waals surface area contributed by atoms with Crippen LogP contribution >= 0.6 is 11.3 Å². The van der Waals surface area contributed by atoms with Gasteiger partial charge in [0.15, 0.2) is 0 Å². The number of aliphatic carboxylic acids is 1. The maximum Gasteiger partial charge on any atom is 0.318 e. The Bertz CT molecular complexity index is 473. The van der Waals surface area contributed by atoms with E-state index in [0.29, 0.717) is 13.0 Å². The van der Waals surface area contributed by atoms with Crippen LogP contribution < -0.4 is 5.32 Å². The monoisotopic (exact) mass is 283 g/mol. The number of amides is 2. The van der Waals surface area contributed by atoms with Crippen LogP contribution in [0.15, 0.2) is 11.6 Å². The first-order chi connectivity index (χ1) is 8.90. The van der Waals surface area contributed by atoms with Gasteiger partial charge in [0, 0.05) is 24.7 Å². The van der Waals surface area contributed by atoms with E-state index in [1.807, 2.05) is 19.2 Å². The lowest BCUT2D eigenvalue weighted by Crippen LogP contribution is -2.47. The van der Waals surface area contributed by atoms with Gasteiger partial charge in [-0.15, -0.1) is 11.3 Å². The van der Waals surface area contributed by atoms with Crippen LogP contribution in [0.25, 0.3) is 0 Å². The van der Waals surface area contributed by atoms with Gasteiger partial charge in [0.05, 0.1) is 11.5 Å². The van der Waals surface area contributed by atoms with Crippen LogP contribution in [0, 0.1) is 5.92 Å². The summed E-state index contributed by atoms with van der Waals surface area (Å²) >= 11 is 1.48. The molecule has 2 rings (SSSR count). The van der Waals surface area contributed by atoms with Crippen LogP contribution in [0.5, 0.6) is 0 Å². The Labute approximate surface area is 115 Å². The zero-order valence-electron chi connectivity index (χ0n) is 10.9. The van der Waals surface area contributed by atoms with Gasteiger partial charge in [0.1, 0.15) is 5.01 Å². The molecular formula is C12H17N3O3S. The second kappa shape index (κ2) is 5.16. The van der Waals surface area contributed by atoms with Gasteiger partial charge in [0.25, 0.3) is 0 Å². The number of carboxylic acids is 1. The number of carbonyl (C=O) groups excluding carboxylic acids is 1. The van der Waals surface area contributed by atoms with Gasteiger partial charge in [-0.3, -0.25) is 4.79 Å². The molecule has 0 aromatic carbocycles. The third kappa shape index (κ3) is 3.04. The number of hydrogen-bond donors (Lipinski definition) is 2. The van der Waals surface area contributed by atoms with Gasteiger partial charge in [0.2, 0.25) is 0 Å².